The van der Waals surface area contributed by atoms with Gasteiger partial charge in [0.05, 0.1) is 6.10 Å². The third kappa shape index (κ3) is 16.6. The van der Waals surface area contributed by atoms with Crippen LogP contribution in [-0.4, -0.2) is 30.9 Å². The summed E-state index contributed by atoms with van der Waals surface area (Å²) in [6.07, 6.45) is 9.72. The van der Waals surface area contributed by atoms with Crippen LogP contribution in [0.1, 0.15) is 131 Å². The van der Waals surface area contributed by atoms with Gasteiger partial charge in [0.1, 0.15) is 5.75 Å². The van der Waals surface area contributed by atoms with Crippen LogP contribution in [0.3, 0.4) is 0 Å². The van der Waals surface area contributed by atoms with Gasteiger partial charge in [0.2, 0.25) is 0 Å². The van der Waals surface area contributed by atoms with Gasteiger partial charge >= 0.3 is 6.61 Å². The lowest BCUT2D eigenvalue weighted by Gasteiger charge is -2.35. The van der Waals surface area contributed by atoms with Crippen molar-refractivity contribution in [1.82, 2.24) is 0 Å². The molecule has 0 bridgehead atoms. The van der Waals surface area contributed by atoms with Crippen molar-refractivity contribution in [1.29, 1.82) is 0 Å². The van der Waals surface area contributed by atoms with E-state index in [9.17, 15) is 8.78 Å². The van der Waals surface area contributed by atoms with E-state index >= 15 is 0 Å². The highest BCUT2D eigenvalue weighted by atomic mass is 32.1. The van der Waals surface area contributed by atoms with E-state index in [0.29, 0.717) is 17.4 Å². The Morgan fingerprint density at radius 1 is 0.953 bits per heavy atom. The first-order valence-electron chi connectivity index (χ1n) is 16.2. The average Bonchev–Trinajstić information content (AvgIpc) is 3.44. The molecule has 7 heteroatoms. The molecule has 0 amide bonds. The summed E-state index contributed by atoms with van der Waals surface area (Å²) in [4.78, 5) is 10.6. The molecule has 2 rings (SSSR count). The maximum atomic E-state index is 12.6. The number of aryl methyl sites for hydroxylation is 1. The summed E-state index contributed by atoms with van der Waals surface area (Å²) >= 11 is 1.64. The van der Waals surface area contributed by atoms with Crippen LogP contribution in [0, 0.1) is 17.3 Å². The van der Waals surface area contributed by atoms with E-state index < -0.39 is 6.61 Å². The molecule has 248 valence electrons. The molecule has 4 atom stereocenters. The molecule has 0 saturated heterocycles. The van der Waals surface area contributed by atoms with Gasteiger partial charge in [-0.25, -0.2) is 0 Å². The molecular formula is C36H60F2O4S. The lowest BCUT2D eigenvalue weighted by Crippen LogP contribution is -2.28. The Morgan fingerprint density at radius 2 is 1.60 bits per heavy atom. The lowest BCUT2D eigenvalue weighted by atomic mass is 9.73. The van der Waals surface area contributed by atoms with Crippen molar-refractivity contribution in [3.05, 3.63) is 40.8 Å². The molecule has 0 saturated carbocycles. The minimum absolute atomic E-state index is 0.250. The smallest absolute Gasteiger partial charge is 0.387 e. The molecule has 1 aromatic heterocycles. The number of carbonyl (C=O) groups is 1. The fourth-order valence-electron chi connectivity index (χ4n) is 4.97. The number of benzene rings is 1. The number of thiophene rings is 1. The third-order valence-corrected chi connectivity index (χ3v) is 9.22. The van der Waals surface area contributed by atoms with Crippen LogP contribution < -0.4 is 4.74 Å². The Labute approximate surface area is 265 Å². The van der Waals surface area contributed by atoms with Crippen molar-refractivity contribution in [3.63, 3.8) is 0 Å². The van der Waals surface area contributed by atoms with Gasteiger partial charge in [-0.05, 0) is 91.5 Å². The summed E-state index contributed by atoms with van der Waals surface area (Å²) in [6.45, 7) is 20.5. The minimum atomic E-state index is -2.80. The van der Waals surface area contributed by atoms with Crippen molar-refractivity contribution in [2.24, 2.45) is 17.3 Å². The number of halogens is 2. The van der Waals surface area contributed by atoms with Gasteiger partial charge in [0, 0.05) is 21.9 Å². The highest BCUT2D eigenvalue weighted by Gasteiger charge is 2.28. The Morgan fingerprint density at radius 3 is 2.07 bits per heavy atom. The van der Waals surface area contributed by atoms with E-state index in [4.69, 9.17) is 19.4 Å². The van der Waals surface area contributed by atoms with Gasteiger partial charge in [-0.15, -0.1) is 11.3 Å². The van der Waals surface area contributed by atoms with Crippen molar-refractivity contribution in [2.45, 2.75) is 139 Å². The summed E-state index contributed by atoms with van der Waals surface area (Å²) in [5.41, 5.74) is 2.34. The predicted octanol–water partition coefficient (Wildman–Crippen LogP) is 11.9. The topological polar surface area (TPSA) is 55.8 Å². The maximum absolute atomic E-state index is 12.6. The fourth-order valence-corrected chi connectivity index (χ4v) is 5.94. The Kier molecular flexibility index (Phi) is 21.5. The van der Waals surface area contributed by atoms with Gasteiger partial charge in [0.25, 0.3) is 6.47 Å². The SMILES string of the molecule is CCCC(C)c1ccc(OC(F)F)c(-c2ccc(CC)s2)c1.CCCOC(CC)CC(CC(C)CC)C(C)(C)C.O=CO. The zero-order valence-corrected chi connectivity index (χ0v) is 29.4. The Balaban J connectivity index is 0.000000767. The van der Waals surface area contributed by atoms with Crippen LogP contribution in [0.15, 0.2) is 30.3 Å². The maximum Gasteiger partial charge on any atom is 0.387 e. The van der Waals surface area contributed by atoms with Crippen molar-refractivity contribution < 1.29 is 28.2 Å². The van der Waals surface area contributed by atoms with Crippen LogP contribution in [0.5, 0.6) is 5.75 Å². The molecule has 1 heterocycles. The van der Waals surface area contributed by atoms with E-state index in [1.807, 2.05) is 24.3 Å². The number of carboxylic acid groups (broad SMARTS) is 1. The van der Waals surface area contributed by atoms with Crippen molar-refractivity contribution in [3.8, 4) is 16.2 Å². The number of rotatable bonds is 16. The van der Waals surface area contributed by atoms with E-state index in [0.717, 1.165) is 61.0 Å². The van der Waals surface area contributed by atoms with E-state index in [-0.39, 0.29) is 12.2 Å². The lowest BCUT2D eigenvalue weighted by molar-refractivity contribution is -0.122. The molecule has 0 aliphatic heterocycles. The number of alkyl halides is 2. The van der Waals surface area contributed by atoms with Gasteiger partial charge < -0.3 is 14.6 Å². The average molecular weight is 627 g/mol. The molecule has 4 nitrogen and oxygen atoms in total. The second-order valence-electron chi connectivity index (χ2n) is 12.5. The van der Waals surface area contributed by atoms with Gasteiger partial charge in [-0.2, -0.15) is 8.78 Å². The molecule has 1 N–H and O–H groups in total. The quantitative estimate of drug-likeness (QED) is 0.188. The molecule has 0 fully saturated rings. The van der Waals surface area contributed by atoms with Gasteiger partial charge in [0.15, 0.2) is 0 Å². The van der Waals surface area contributed by atoms with E-state index in [1.54, 1.807) is 17.4 Å². The van der Waals surface area contributed by atoms with E-state index in [2.05, 4.69) is 69.2 Å². The van der Waals surface area contributed by atoms with Crippen LogP contribution in [0.4, 0.5) is 8.78 Å². The Bertz CT molecular complexity index is 986. The van der Waals surface area contributed by atoms with Crippen molar-refractivity contribution in [2.75, 3.05) is 6.61 Å². The number of hydrogen-bond donors (Lipinski definition) is 1. The van der Waals surface area contributed by atoms with Crippen molar-refractivity contribution >= 4 is 17.8 Å². The van der Waals surface area contributed by atoms with Crippen LogP contribution in [0.2, 0.25) is 0 Å². The fraction of sp³-hybridized carbons (Fsp3) is 0.694. The predicted molar refractivity (Wildman–Crippen MR) is 180 cm³/mol. The second kappa shape index (κ2) is 22.5. The summed E-state index contributed by atoms with van der Waals surface area (Å²) in [5.74, 6) is 2.27. The first kappa shape index (κ1) is 41.0. The van der Waals surface area contributed by atoms with Crippen LogP contribution in [-0.2, 0) is 16.0 Å². The van der Waals surface area contributed by atoms with Crippen LogP contribution >= 0.6 is 11.3 Å². The normalized spacial score (nSPS) is 14.1. The molecule has 2 aromatic rings. The van der Waals surface area contributed by atoms with Gasteiger partial charge in [-0.3, -0.25) is 4.79 Å². The van der Waals surface area contributed by atoms with Gasteiger partial charge in [-0.1, -0.05) is 88.1 Å². The third-order valence-electron chi connectivity index (χ3n) is 7.95. The number of hydrogen-bond acceptors (Lipinski definition) is 4. The summed E-state index contributed by atoms with van der Waals surface area (Å²) < 4.78 is 36.0. The minimum Gasteiger partial charge on any atom is -0.483 e. The monoisotopic (exact) mass is 626 g/mol. The summed E-state index contributed by atoms with van der Waals surface area (Å²) in [7, 11) is 0. The van der Waals surface area contributed by atoms with E-state index in [1.165, 1.54) is 29.7 Å². The molecule has 0 radical (unpaired) electrons. The first-order valence-corrected chi connectivity index (χ1v) is 17.0. The molecule has 0 spiro atoms. The summed E-state index contributed by atoms with van der Waals surface area (Å²) in [5, 5.41) is 6.89. The zero-order chi connectivity index (χ0) is 33.0. The van der Waals surface area contributed by atoms with Crippen LogP contribution in [0.25, 0.3) is 10.4 Å². The highest BCUT2D eigenvalue weighted by molar-refractivity contribution is 7.15. The Hall–Kier alpha value is -1.99. The zero-order valence-electron chi connectivity index (χ0n) is 28.6. The largest absolute Gasteiger partial charge is 0.483 e. The summed E-state index contributed by atoms with van der Waals surface area (Å²) in [6, 6.07) is 9.62. The standard InChI is InChI=1S/C18H22F2OS.C17H36O.CH2O2/c1-4-6-12(3)13-7-9-16(21-18(19)20)15(11-13)17-10-8-14(5-2)22-17;1-8-11-18-16(10-3)13-15(17(5,6)7)12-14(4)9-2;2-1-3/h7-12,18H,4-6H2,1-3H3;14-16H,8-13H2,1-7H3;1H,(H,2,3). The molecule has 43 heavy (non-hydrogen) atoms. The molecule has 4 unspecified atom stereocenters. The first-order chi connectivity index (χ1) is 20.3. The molecular weight excluding hydrogens is 566 g/mol. The molecule has 1 aromatic carbocycles. The second-order valence-corrected chi connectivity index (χ2v) is 13.7. The number of ether oxygens (including phenoxy) is 2. The molecule has 0 aliphatic carbocycles. The highest BCUT2D eigenvalue weighted by Crippen LogP contribution is 2.39. The molecule has 0 aliphatic rings.